The maximum Gasteiger partial charge on any atom is 0.191 e. The molecule has 2 heterocycles. The Bertz CT molecular complexity index is 206. The van der Waals surface area contributed by atoms with Gasteiger partial charge in [-0.2, -0.15) is 0 Å². The van der Waals surface area contributed by atoms with Crippen LogP contribution in [0.1, 0.15) is 0 Å². The molecule has 1 saturated heterocycles. The van der Waals surface area contributed by atoms with Crippen molar-refractivity contribution >= 4 is 17.6 Å². The Morgan fingerprint density at radius 3 is 3.00 bits per heavy atom. The maximum atomic E-state index is 9.57. The largest absolute Gasteiger partial charge is 0.381 e. The Morgan fingerprint density at radius 1 is 1.80 bits per heavy atom. The predicted octanol–water partition coefficient (Wildman–Crippen LogP) is 0.167. The van der Waals surface area contributed by atoms with Gasteiger partial charge in [0, 0.05) is 5.41 Å². The van der Waals surface area contributed by atoms with Crippen molar-refractivity contribution in [3.63, 3.8) is 0 Å². The SMILES string of the molecule is OC1([C]2N=C=CS2)COC1. The number of ether oxygens (including phenoxy) is 1. The van der Waals surface area contributed by atoms with E-state index in [1.54, 1.807) is 5.41 Å². The summed E-state index contributed by atoms with van der Waals surface area (Å²) in [5.74, 6) is 2.66. The summed E-state index contributed by atoms with van der Waals surface area (Å²) in [6.07, 6.45) is 0. The van der Waals surface area contributed by atoms with Gasteiger partial charge in [-0.25, -0.2) is 4.99 Å². The average Bonchev–Trinajstić information content (AvgIpc) is 2.33. The first kappa shape index (κ1) is 6.43. The highest BCUT2D eigenvalue weighted by molar-refractivity contribution is 8.05. The highest BCUT2D eigenvalue weighted by Crippen LogP contribution is 2.39. The lowest BCUT2D eigenvalue weighted by Gasteiger charge is -2.37. The molecule has 0 spiro atoms. The Labute approximate surface area is 62.8 Å². The minimum absolute atomic E-state index is 0.369. The van der Waals surface area contributed by atoms with Gasteiger partial charge >= 0.3 is 0 Å². The molecule has 0 unspecified atom stereocenters. The van der Waals surface area contributed by atoms with Crippen LogP contribution in [0.15, 0.2) is 10.4 Å². The Morgan fingerprint density at radius 2 is 2.60 bits per heavy atom. The molecule has 0 aromatic carbocycles. The molecule has 0 aromatic rings. The van der Waals surface area contributed by atoms with Crippen LogP contribution in [-0.4, -0.2) is 29.8 Å². The summed E-state index contributed by atoms with van der Waals surface area (Å²) in [6, 6.07) is 0. The van der Waals surface area contributed by atoms with Gasteiger partial charge < -0.3 is 9.84 Å². The van der Waals surface area contributed by atoms with E-state index in [9.17, 15) is 5.11 Å². The molecular formula is C6H6NO2S. The van der Waals surface area contributed by atoms with Crippen LogP contribution in [0.3, 0.4) is 0 Å². The van der Waals surface area contributed by atoms with E-state index < -0.39 is 5.60 Å². The van der Waals surface area contributed by atoms with Crippen LogP contribution < -0.4 is 0 Å². The van der Waals surface area contributed by atoms with Gasteiger partial charge in [0.05, 0.1) is 13.2 Å². The fraction of sp³-hybridized carbons (Fsp3) is 0.500. The monoisotopic (exact) mass is 156 g/mol. The van der Waals surface area contributed by atoms with E-state index in [4.69, 9.17) is 4.74 Å². The lowest BCUT2D eigenvalue weighted by molar-refractivity contribution is -0.160. The van der Waals surface area contributed by atoms with Crippen molar-refractivity contribution in [3.8, 4) is 0 Å². The molecule has 10 heavy (non-hydrogen) atoms. The van der Waals surface area contributed by atoms with Crippen molar-refractivity contribution in [1.82, 2.24) is 0 Å². The fourth-order valence-corrected chi connectivity index (χ4v) is 1.49. The van der Waals surface area contributed by atoms with Crippen LogP contribution in [0, 0.1) is 5.37 Å². The van der Waals surface area contributed by atoms with E-state index in [2.05, 4.69) is 10.9 Å². The molecule has 2 aliphatic rings. The average molecular weight is 156 g/mol. The maximum absolute atomic E-state index is 9.57. The third kappa shape index (κ3) is 0.812. The van der Waals surface area contributed by atoms with Gasteiger partial charge in [0.15, 0.2) is 5.37 Å². The summed E-state index contributed by atoms with van der Waals surface area (Å²) in [5, 5.41) is 12.0. The van der Waals surface area contributed by atoms with Gasteiger partial charge in [-0.1, -0.05) is 11.8 Å². The number of thioether (sulfide) groups is 1. The normalized spacial score (nSPS) is 28.9. The first-order valence-electron chi connectivity index (χ1n) is 2.93. The molecule has 2 aliphatic heterocycles. The van der Waals surface area contributed by atoms with Crippen LogP contribution in [0.25, 0.3) is 0 Å². The summed E-state index contributed by atoms with van der Waals surface area (Å²) in [5.41, 5.74) is -0.801. The number of hydrogen-bond acceptors (Lipinski definition) is 4. The first-order valence-corrected chi connectivity index (χ1v) is 3.81. The summed E-state index contributed by atoms with van der Waals surface area (Å²) in [6.45, 7) is 0.739. The van der Waals surface area contributed by atoms with Crippen molar-refractivity contribution in [3.05, 3.63) is 10.8 Å². The summed E-state index contributed by atoms with van der Waals surface area (Å²) in [4.78, 5) is 3.87. The third-order valence-electron chi connectivity index (χ3n) is 1.47. The van der Waals surface area contributed by atoms with Gasteiger partial charge in [0.1, 0.15) is 5.60 Å². The zero-order valence-electron chi connectivity index (χ0n) is 5.20. The van der Waals surface area contributed by atoms with Gasteiger partial charge in [-0.05, 0) is 5.87 Å². The molecule has 0 amide bonds. The quantitative estimate of drug-likeness (QED) is 0.588. The number of aliphatic imine (C=N–C) groups is 1. The van der Waals surface area contributed by atoms with Crippen LogP contribution in [0.4, 0.5) is 0 Å². The molecule has 1 fully saturated rings. The van der Waals surface area contributed by atoms with E-state index >= 15 is 0 Å². The lowest BCUT2D eigenvalue weighted by Crippen LogP contribution is -2.52. The van der Waals surface area contributed by atoms with Crippen molar-refractivity contribution in [1.29, 1.82) is 0 Å². The molecular weight excluding hydrogens is 150 g/mol. The minimum Gasteiger partial charge on any atom is -0.381 e. The lowest BCUT2D eigenvalue weighted by atomic mass is 10.0. The summed E-state index contributed by atoms with van der Waals surface area (Å²) >= 11 is 1.41. The number of aliphatic hydroxyl groups is 1. The second kappa shape index (κ2) is 2.10. The summed E-state index contributed by atoms with van der Waals surface area (Å²) < 4.78 is 4.86. The van der Waals surface area contributed by atoms with Gasteiger partial charge in [0.2, 0.25) is 0 Å². The second-order valence-corrected chi connectivity index (χ2v) is 3.16. The Hall–Kier alpha value is -0.280. The number of hydrogen-bond donors (Lipinski definition) is 1. The zero-order chi connectivity index (χ0) is 7.03. The number of rotatable bonds is 1. The van der Waals surface area contributed by atoms with Crippen LogP contribution >= 0.6 is 11.8 Å². The Balaban J connectivity index is 2.05. The van der Waals surface area contributed by atoms with Gasteiger partial charge in [0.25, 0.3) is 0 Å². The molecule has 53 valence electrons. The highest BCUT2D eigenvalue weighted by Gasteiger charge is 2.46. The first-order chi connectivity index (χ1) is 4.81. The van der Waals surface area contributed by atoms with Crippen LogP contribution in [0.5, 0.6) is 0 Å². The molecule has 0 atom stereocenters. The predicted molar refractivity (Wildman–Crippen MR) is 38.6 cm³/mol. The van der Waals surface area contributed by atoms with Crippen molar-refractivity contribution in [2.75, 3.05) is 13.2 Å². The van der Waals surface area contributed by atoms with E-state index in [0.29, 0.717) is 18.6 Å². The molecule has 0 aliphatic carbocycles. The van der Waals surface area contributed by atoms with E-state index in [1.807, 2.05) is 0 Å². The zero-order valence-corrected chi connectivity index (χ0v) is 6.02. The minimum atomic E-state index is -0.801. The van der Waals surface area contributed by atoms with Crippen molar-refractivity contribution in [2.24, 2.45) is 4.99 Å². The standard InChI is InChI=1S/C6H6NO2S/c8-6(3-9-4-6)5-7-1-2-10-5/h2,8H,3-4H2. The fourth-order valence-electron chi connectivity index (χ4n) is 0.826. The molecule has 2 rings (SSSR count). The van der Waals surface area contributed by atoms with Gasteiger partial charge in [-0.3, -0.25) is 0 Å². The molecule has 4 heteroatoms. The molecule has 3 nitrogen and oxygen atoms in total. The Kier molecular flexibility index (Phi) is 1.35. The number of nitrogens with zero attached hydrogens (tertiary/aromatic N) is 1. The molecule has 1 N–H and O–H groups in total. The van der Waals surface area contributed by atoms with Gasteiger partial charge in [-0.15, -0.1) is 0 Å². The third-order valence-corrected chi connectivity index (χ3v) is 2.39. The molecule has 0 bridgehead atoms. The second-order valence-electron chi connectivity index (χ2n) is 2.31. The molecule has 0 saturated carbocycles. The van der Waals surface area contributed by atoms with Crippen molar-refractivity contribution < 1.29 is 9.84 Å². The van der Waals surface area contributed by atoms with E-state index in [-0.39, 0.29) is 0 Å². The van der Waals surface area contributed by atoms with Crippen molar-refractivity contribution in [2.45, 2.75) is 5.60 Å². The highest BCUT2D eigenvalue weighted by atomic mass is 32.2. The summed E-state index contributed by atoms with van der Waals surface area (Å²) in [7, 11) is 0. The van der Waals surface area contributed by atoms with E-state index in [1.165, 1.54) is 11.8 Å². The van der Waals surface area contributed by atoms with Crippen LogP contribution in [-0.2, 0) is 4.74 Å². The molecule has 0 aromatic heterocycles. The van der Waals surface area contributed by atoms with Crippen LogP contribution in [0.2, 0.25) is 0 Å². The smallest absolute Gasteiger partial charge is 0.191 e. The van der Waals surface area contributed by atoms with E-state index in [0.717, 1.165) is 0 Å². The molecule has 1 radical (unpaired) electrons. The topological polar surface area (TPSA) is 41.8 Å².